The second-order valence-electron chi connectivity index (χ2n) is 9.43. The summed E-state index contributed by atoms with van der Waals surface area (Å²) < 4.78 is 27.1. The van der Waals surface area contributed by atoms with Gasteiger partial charge in [0, 0.05) is 18.6 Å². The first kappa shape index (κ1) is 36.5. The quantitative estimate of drug-likeness (QED) is 0.0651. The standard InChI is InChI=1S/C26H51O9PS/c1-3-5-7-9-11-13-15-17-25(29)35-24(21-34-36(31,32)33-20-23(28)19-27)22-37-26(30)18-16-14-12-10-8-6-4-2/h23-24,27-28H,3-22H2,1-2H3,(H,31,32). The molecule has 0 saturated carbocycles. The number of carbonyl (C=O) groups excluding carboxylic acids is 2. The monoisotopic (exact) mass is 570 g/mol. The summed E-state index contributed by atoms with van der Waals surface area (Å²) in [6, 6.07) is 0. The summed E-state index contributed by atoms with van der Waals surface area (Å²) in [5.41, 5.74) is 0. The topological polar surface area (TPSA) is 140 Å². The smallest absolute Gasteiger partial charge is 0.459 e. The third-order valence-electron chi connectivity index (χ3n) is 5.76. The molecule has 37 heavy (non-hydrogen) atoms. The van der Waals surface area contributed by atoms with Crippen molar-refractivity contribution in [3.8, 4) is 0 Å². The molecule has 0 aliphatic carbocycles. The van der Waals surface area contributed by atoms with E-state index in [1.807, 2.05) is 0 Å². The van der Waals surface area contributed by atoms with Crippen LogP contribution in [0.4, 0.5) is 0 Å². The fourth-order valence-corrected chi connectivity index (χ4v) is 5.13. The van der Waals surface area contributed by atoms with Crippen LogP contribution < -0.4 is 0 Å². The molecule has 0 amide bonds. The molecule has 0 aromatic rings. The van der Waals surface area contributed by atoms with Crippen molar-refractivity contribution in [3.63, 3.8) is 0 Å². The minimum atomic E-state index is -4.53. The van der Waals surface area contributed by atoms with E-state index in [-0.39, 0.29) is 17.3 Å². The molecule has 0 heterocycles. The number of unbranched alkanes of at least 4 members (excludes halogenated alkanes) is 12. The number of ether oxygens (including phenoxy) is 1. The highest BCUT2D eigenvalue weighted by Gasteiger charge is 2.26. The minimum absolute atomic E-state index is 0.0174. The summed E-state index contributed by atoms with van der Waals surface area (Å²) in [6.07, 6.45) is 13.7. The molecule has 0 aromatic carbocycles. The average Bonchev–Trinajstić information content (AvgIpc) is 2.87. The van der Waals surface area contributed by atoms with Gasteiger partial charge in [-0.3, -0.25) is 18.6 Å². The highest BCUT2D eigenvalue weighted by molar-refractivity contribution is 8.13. The molecule has 0 radical (unpaired) electrons. The second-order valence-corrected chi connectivity index (χ2v) is 12.0. The second kappa shape index (κ2) is 24.6. The van der Waals surface area contributed by atoms with Crippen LogP contribution in [0, 0.1) is 0 Å². The maximum atomic E-state index is 12.3. The van der Waals surface area contributed by atoms with Crippen LogP contribution in [-0.4, -0.2) is 64.0 Å². The molecule has 11 heteroatoms. The van der Waals surface area contributed by atoms with Gasteiger partial charge in [0.05, 0.1) is 19.8 Å². The lowest BCUT2D eigenvalue weighted by molar-refractivity contribution is -0.149. The zero-order chi connectivity index (χ0) is 27.8. The summed E-state index contributed by atoms with van der Waals surface area (Å²) in [5, 5.41) is 18.1. The van der Waals surface area contributed by atoms with E-state index in [4.69, 9.17) is 14.4 Å². The Morgan fingerprint density at radius 3 is 1.81 bits per heavy atom. The van der Waals surface area contributed by atoms with E-state index in [0.29, 0.717) is 12.8 Å². The van der Waals surface area contributed by atoms with E-state index >= 15 is 0 Å². The number of hydrogen-bond donors (Lipinski definition) is 3. The summed E-state index contributed by atoms with van der Waals surface area (Å²) in [7, 11) is -4.53. The van der Waals surface area contributed by atoms with E-state index in [2.05, 4.69) is 18.4 Å². The number of hydrogen-bond acceptors (Lipinski definition) is 9. The van der Waals surface area contributed by atoms with Gasteiger partial charge >= 0.3 is 13.8 Å². The number of phosphoric ester groups is 1. The Morgan fingerprint density at radius 2 is 1.27 bits per heavy atom. The molecule has 3 unspecified atom stereocenters. The molecule has 0 aliphatic heterocycles. The number of rotatable bonds is 26. The largest absolute Gasteiger partial charge is 0.472 e. The van der Waals surface area contributed by atoms with Gasteiger partial charge in [-0.25, -0.2) is 4.57 Å². The number of carbonyl (C=O) groups is 2. The van der Waals surface area contributed by atoms with Gasteiger partial charge in [-0.05, 0) is 12.8 Å². The molecule has 3 N–H and O–H groups in total. The number of thioether (sulfide) groups is 1. The molecule has 0 saturated heterocycles. The van der Waals surface area contributed by atoms with Crippen LogP contribution in [0.2, 0.25) is 0 Å². The van der Waals surface area contributed by atoms with Gasteiger partial charge in [0.2, 0.25) is 0 Å². The van der Waals surface area contributed by atoms with Crippen molar-refractivity contribution in [3.05, 3.63) is 0 Å². The molecule has 0 aliphatic rings. The lowest BCUT2D eigenvalue weighted by Gasteiger charge is -2.20. The van der Waals surface area contributed by atoms with Crippen molar-refractivity contribution in [2.45, 2.75) is 129 Å². The molecule has 9 nitrogen and oxygen atoms in total. The van der Waals surface area contributed by atoms with Gasteiger partial charge in [0.1, 0.15) is 12.2 Å². The lowest BCUT2D eigenvalue weighted by atomic mass is 10.1. The first-order chi connectivity index (χ1) is 17.7. The molecular weight excluding hydrogens is 519 g/mol. The SMILES string of the molecule is CCCCCCCCCC(=O)OC(COP(=O)(O)OCC(O)CO)CSC(=O)CCCCCCCCC. The van der Waals surface area contributed by atoms with E-state index in [1.165, 1.54) is 44.9 Å². The van der Waals surface area contributed by atoms with E-state index < -0.39 is 45.8 Å². The average molecular weight is 571 g/mol. The van der Waals surface area contributed by atoms with Gasteiger partial charge in [0.25, 0.3) is 0 Å². The molecule has 220 valence electrons. The molecule has 0 bridgehead atoms. The molecule has 0 aromatic heterocycles. The first-order valence-corrected chi connectivity index (χ1v) is 16.5. The Balaban J connectivity index is 4.54. The minimum Gasteiger partial charge on any atom is -0.459 e. The number of aliphatic hydroxyl groups is 2. The van der Waals surface area contributed by atoms with E-state index in [9.17, 15) is 24.2 Å². The van der Waals surface area contributed by atoms with Crippen molar-refractivity contribution < 1.29 is 43.0 Å². The van der Waals surface area contributed by atoms with Crippen LogP contribution in [0.5, 0.6) is 0 Å². The van der Waals surface area contributed by atoms with Gasteiger partial charge in [-0.2, -0.15) is 0 Å². The van der Waals surface area contributed by atoms with Gasteiger partial charge < -0.3 is 19.8 Å². The lowest BCUT2D eigenvalue weighted by Crippen LogP contribution is -2.27. The van der Waals surface area contributed by atoms with Crippen LogP contribution >= 0.6 is 19.6 Å². The normalized spacial score (nSPS) is 14.7. The Bertz CT molecular complexity index is 621. The van der Waals surface area contributed by atoms with Gasteiger partial charge in [0.15, 0.2) is 5.12 Å². The van der Waals surface area contributed by atoms with Crippen molar-refractivity contribution in [2.24, 2.45) is 0 Å². The maximum absolute atomic E-state index is 12.3. The highest BCUT2D eigenvalue weighted by atomic mass is 32.2. The Kier molecular flexibility index (Phi) is 24.2. The van der Waals surface area contributed by atoms with Crippen molar-refractivity contribution in [1.29, 1.82) is 0 Å². The van der Waals surface area contributed by atoms with Crippen LogP contribution in [0.3, 0.4) is 0 Å². The fourth-order valence-electron chi connectivity index (χ4n) is 3.52. The number of aliphatic hydroxyl groups excluding tert-OH is 2. The highest BCUT2D eigenvalue weighted by Crippen LogP contribution is 2.43. The number of esters is 1. The van der Waals surface area contributed by atoms with Crippen LogP contribution in [0.1, 0.15) is 117 Å². The molecule has 0 fully saturated rings. The van der Waals surface area contributed by atoms with Crippen LogP contribution in [0.15, 0.2) is 0 Å². The van der Waals surface area contributed by atoms with Crippen LogP contribution in [0.25, 0.3) is 0 Å². The van der Waals surface area contributed by atoms with E-state index in [0.717, 1.165) is 50.3 Å². The Labute approximate surface area is 228 Å². The van der Waals surface area contributed by atoms with Crippen molar-refractivity contribution in [2.75, 3.05) is 25.6 Å². The molecule has 3 atom stereocenters. The predicted molar refractivity (Wildman–Crippen MR) is 147 cm³/mol. The Hall–Kier alpha value is -0.480. The van der Waals surface area contributed by atoms with Crippen LogP contribution in [-0.2, 0) is 27.9 Å². The molecule has 0 rings (SSSR count). The summed E-state index contributed by atoms with van der Waals surface area (Å²) >= 11 is 1.03. The molecule has 0 spiro atoms. The summed E-state index contributed by atoms with van der Waals surface area (Å²) in [6.45, 7) is 2.70. The zero-order valence-corrected chi connectivity index (χ0v) is 24.7. The predicted octanol–water partition coefficient (Wildman–Crippen LogP) is 5.93. The third kappa shape index (κ3) is 24.3. The Morgan fingerprint density at radius 1 is 0.784 bits per heavy atom. The van der Waals surface area contributed by atoms with Crippen molar-refractivity contribution >= 4 is 30.7 Å². The van der Waals surface area contributed by atoms with Gasteiger partial charge in [-0.15, -0.1) is 0 Å². The summed E-state index contributed by atoms with van der Waals surface area (Å²) in [4.78, 5) is 34.4. The first-order valence-electron chi connectivity index (χ1n) is 14.0. The summed E-state index contributed by atoms with van der Waals surface area (Å²) in [5.74, 6) is -0.330. The van der Waals surface area contributed by atoms with Gasteiger partial charge in [-0.1, -0.05) is 103 Å². The third-order valence-corrected chi connectivity index (χ3v) is 7.78. The molecular formula is C26H51O9PS. The van der Waals surface area contributed by atoms with Crippen molar-refractivity contribution in [1.82, 2.24) is 0 Å². The van der Waals surface area contributed by atoms with E-state index in [1.54, 1.807) is 0 Å². The number of phosphoric acid groups is 1. The zero-order valence-electron chi connectivity index (χ0n) is 22.9. The fraction of sp³-hybridized carbons (Fsp3) is 0.923. The maximum Gasteiger partial charge on any atom is 0.472 e.